The molecule has 0 aliphatic heterocycles. The van der Waals surface area contributed by atoms with Crippen molar-refractivity contribution in [3.63, 3.8) is 0 Å². The summed E-state index contributed by atoms with van der Waals surface area (Å²) in [6.07, 6.45) is -0.800. The van der Waals surface area contributed by atoms with E-state index < -0.39 is 17.9 Å². The Balaban J connectivity index is 1.89. The molecule has 0 radical (unpaired) electrons. The van der Waals surface area contributed by atoms with Crippen LogP contribution in [0, 0.1) is 11.7 Å². The standard InChI is InChI=1S/C19H19ClFNO4/c1-12(9-13-3-2-4-14(20)10-13)18(23)22-11-17(19(24)25)26-16-7-5-15(21)6-8-16/h2-8,10,12,17H,9,11H2,1H3,(H,22,23)(H,24,25). The van der Waals surface area contributed by atoms with Crippen molar-refractivity contribution in [3.8, 4) is 5.75 Å². The number of hydrogen-bond donors (Lipinski definition) is 2. The number of carboxylic acids is 1. The van der Waals surface area contributed by atoms with Crippen LogP contribution in [0.3, 0.4) is 0 Å². The molecule has 7 heteroatoms. The number of carbonyl (C=O) groups is 2. The predicted molar refractivity (Wildman–Crippen MR) is 95.8 cm³/mol. The lowest BCUT2D eigenvalue weighted by Crippen LogP contribution is -2.42. The Bertz CT molecular complexity index is 766. The first kappa shape index (κ1) is 19.7. The number of benzene rings is 2. The molecule has 2 aromatic rings. The van der Waals surface area contributed by atoms with Gasteiger partial charge in [0.15, 0.2) is 0 Å². The third-order valence-corrected chi connectivity index (χ3v) is 3.94. The molecular formula is C19H19ClFNO4. The van der Waals surface area contributed by atoms with Crippen molar-refractivity contribution in [1.82, 2.24) is 5.32 Å². The highest BCUT2D eigenvalue weighted by molar-refractivity contribution is 6.30. The molecule has 5 nitrogen and oxygen atoms in total. The Morgan fingerprint density at radius 1 is 1.23 bits per heavy atom. The highest BCUT2D eigenvalue weighted by Gasteiger charge is 2.22. The van der Waals surface area contributed by atoms with Crippen LogP contribution in [-0.2, 0) is 16.0 Å². The van der Waals surface area contributed by atoms with Gasteiger partial charge in [-0.05, 0) is 48.4 Å². The summed E-state index contributed by atoms with van der Waals surface area (Å²) in [4.78, 5) is 23.5. The van der Waals surface area contributed by atoms with Gasteiger partial charge >= 0.3 is 5.97 Å². The van der Waals surface area contributed by atoms with E-state index >= 15 is 0 Å². The zero-order chi connectivity index (χ0) is 19.1. The maximum absolute atomic E-state index is 12.9. The minimum absolute atomic E-state index is 0.203. The van der Waals surface area contributed by atoms with Crippen LogP contribution in [0.2, 0.25) is 5.02 Å². The highest BCUT2D eigenvalue weighted by Crippen LogP contribution is 2.15. The Labute approximate surface area is 155 Å². The molecule has 1 amide bonds. The maximum atomic E-state index is 12.9. The second-order valence-corrected chi connectivity index (χ2v) is 6.32. The van der Waals surface area contributed by atoms with Crippen molar-refractivity contribution < 1.29 is 23.8 Å². The van der Waals surface area contributed by atoms with Crippen molar-refractivity contribution in [2.24, 2.45) is 5.92 Å². The Morgan fingerprint density at radius 2 is 1.92 bits per heavy atom. The molecule has 138 valence electrons. The fourth-order valence-corrected chi connectivity index (χ4v) is 2.55. The van der Waals surface area contributed by atoms with Gasteiger partial charge in [0.25, 0.3) is 0 Å². The topological polar surface area (TPSA) is 75.6 Å². The van der Waals surface area contributed by atoms with Gasteiger partial charge in [0.05, 0.1) is 6.54 Å². The molecule has 2 N–H and O–H groups in total. The Kier molecular flexibility index (Phi) is 6.97. The van der Waals surface area contributed by atoms with Crippen LogP contribution in [0.1, 0.15) is 12.5 Å². The number of rotatable bonds is 8. The smallest absolute Gasteiger partial charge is 0.346 e. The average molecular weight is 380 g/mol. The molecule has 0 saturated carbocycles. The van der Waals surface area contributed by atoms with Gasteiger partial charge in [-0.3, -0.25) is 4.79 Å². The van der Waals surface area contributed by atoms with Crippen molar-refractivity contribution in [1.29, 1.82) is 0 Å². The van der Waals surface area contributed by atoms with E-state index in [1.807, 2.05) is 6.07 Å². The van der Waals surface area contributed by atoms with E-state index in [0.717, 1.165) is 5.56 Å². The van der Waals surface area contributed by atoms with E-state index in [-0.39, 0.29) is 24.1 Å². The largest absolute Gasteiger partial charge is 0.478 e. The number of hydrogen-bond acceptors (Lipinski definition) is 3. The van der Waals surface area contributed by atoms with Crippen LogP contribution in [0.25, 0.3) is 0 Å². The molecule has 2 unspecified atom stereocenters. The van der Waals surface area contributed by atoms with E-state index in [0.29, 0.717) is 11.4 Å². The normalized spacial score (nSPS) is 12.9. The van der Waals surface area contributed by atoms with Gasteiger partial charge in [-0.2, -0.15) is 0 Å². The fraction of sp³-hybridized carbons (Fsp3) is 0.263. The average Bonchev–Trinajstić information content (AvgIpc) is 2.59. The summed E-state index contributed by atoms with van der Waals surface area (Å²) < 4.78 is 18.2. The number of carbonyl (C=O) groups excluding carboxylic acids is 1. The molecule has 0 bridgehead atoms. The minimum atomic E-state index is -1.28. The number of nitrogens with one attached hydrogen (secondary N) is 1. The Morgan fingerprint density at radius 3 is 2.54 bits per heavy atom. The van der Waals surface area contributed by atoms with E-state index in [4.69, 9.17) is 16.3 Å². The molecule has 2 aromatic carbocycles. The first-order valence-electron chi connectivity index (χ1n) is 8.02. The molecule has 0 aliphatic carbocycles. The quantitative estimate of drug-likeness (QED) is 0.737. The lowest BCUT2D eigenvalue weighted by Gasteiger charge is -2.18. The molecule has 0 aliphatic rings. The molecule has 26 heavy (non-hydrogen) atoms. The zero-order valence-corrected chi connectivity index (χ0v) is 14.9. The molecule has 0 heterocycles. The predicted octanol–water partition coefficient (Wildman–Crippen LogP) is 3.31. The van der Waals surface area contributed by atoms with Gasteiger partial charge in [-0.1, -0.05) is 30.7 Å². The number of ether oxygens (including phenoxy) is 1. The van der Waals surface area contributed by atoms with Crippen molar-refractivity contribution >= 4 is 23.5 Å². The fourth-order valence-electron chi connectivity index (χ4n) is 2.33. The first-order valence-corrected chi connectivity index (χ1v) is 8.40. The summed E-state index contributed by atoms with van der Waals surface area (Å²) in [6, 6.07) is 12.2. The van der Waals surface area contributed by atoms with Gasteiger partial charge < -0.3 is 15.2 Å². The second kappa shape index (κ2) is 9.20. The molecule has 0 spiro atoms. The van der Waals surface area contributed by atoms with Gasteiger partial charge in [0.2, 0.25) is 12.0 Å². The van der Waals surface area contributed by atoms with Crippen LogP contribution < -0.4 is 10.1 Å². The Hall–Kier alpha value is -2.60. The summed E-state index contributed by atoms with van der Waals surface area (Å²) in [5.74, 6) is -2.13. The van der Waals surface area contributed by atoms with Crippen molar-refractivity contribution in [3.05, 3.63) is 64.9 Å². The number of aliphatic carboxylic acids is 1. The van der Waals surface area contributed by atoms with E-state index in [1.165, 1.54) is 24.3 Å². The van der Waals surface area contributed by atoms with Crippen LogP contribution in [-0.4, -0.2) is 29.6 Å². The maximum Gasteiger partial charge on any atom is 0.346 e. The second-order valence-electron chi connectivity index (χ2n) is 5.88. The van der Waals surface area contributed by atoms with Gasteiger partial charge in [-0.15, -0.1) is 0 Å². The number of amides is 1. The van der Waals surface area contributed by atoms with E-state index in [2.05, 4.69) is 5.32 Å². The number of carboxylic acid groups (broad SMARTS) is 1. The van der Waals surface area contributed by atoms with Gasteiger partial charge in [0, 0.05) is 10.9 Å². The van der Waals surface area contributed by atoms with Crippen LogP contribution in [0.15, 0.2) is 48.5 Å². The lowest BCUT2D eigenvalue weighted by atomic mass is 10.0. The molecular weight excluding hydrogens is 361 g/mol. The number of halogens is 2. The lowest BCUT2D eigenvalue weighted by molar-refractivity contribution is -0.145. The van der Waals surface area contributed by atoms with Crippen molar-refractivity contribution in [2.75, 3.05) is 6.54 Å². The first-order chi connectivity index (χ1) is 12.3. The zero-order valence-electron chi connectivity index (χ0n) is 14.1. The van der Waals surface area contributed by atoms with Crippen LogP contribution in [0.4, 0.5) is 4.39 Å². The SMILES string of the molecule is CC(Cc1cccc(Cl)c1)C(=O)NCC(Oc1ccc(F)cc1)C(=O)O. The molecule has 2 atom stereocenters. The van der Waals surface area contributed by atoms with E-state index in [9.17, 15) is 19.1 Å². The monoisotopic (exact) mass is 379 g/mol. The molecule has 0 fully saturated rings. The summed E-state index contributed by atoms with van der Waals surface area (Å²) in [5.41, 5.74) is 0.914. The minimum Gasteiger partial charge on any atom is -0.478 e. The summed E-state index contributed by atoms with van der Waals surface area (Å²) in [7, 11) is 0. The van der Waals surface area contributed by atoms with Crippen LogP contribution >= 0.6 is 11.6 Å². The highest BCUT2D eigenvalue weighted by atomic mass is 35.5. The summed E-state index contributed by atoms with van der Waals surface area (Å²) >= 11 is 5.93. The molecule has 0 saturated heterocycles. The molecule has 2 rings (SSSR count). The summed E-state index contributed by atoms with van der Waals surface area (Å²) in [5, 5.41) is 12.4. The van der Waals surface area contributed by atoms with Gasteiger partial charge in [0.1, 0.15) is 11.6 Å². The van der Waals surface area contributed by atoms with Crippen LogP contribution in [0.5, 0.6) is 5.75 Å². The van der Waals surface area contributed by atoms with Crippen molar-refractivity contribution in [2.45, 2.75) is 19.4 Å². The third-order valence-electron chi connectivity index (χ3n) is 3.71. The summed E-state index contributed by atoms with van der Waals surface area (Å²) in [6.45, 7) is 1.54. The van der Waals surface area contributed by atoms with E-state index in [1.54, 1.807) is 25.1 Å². The van der Waals surface area contributed by atoms with Gasteiger partial charge in [-0.25, -0.2) is 9.18 Å². The third kappa shape index (κ3) is 6.04. The molecule has 0 aromatic heterocycles.